The van der Waals surface area contributed by atoms with Gasteiger partial charge in [0, 0.05) is 10.7 Å². The highest BCUT2D eigenvalue weighted by Gasteiger charge is 2.22. The first-order valence-corrected chi connectivity index (χ1v) is 13.5. The van der Waals surface area contributed by atoms with Crippen molar-refractivity contribution < 1.29 is 26.0 Å². The minimum atomic E-state index is -3.92. The second-order valence-corrected chi connectivity index (χ2v) is 11.4. The highest BCUT2D eigenvalue weighted by molar-refractivity contribution is 7.92. The molecule has 0 saturated heterocycles. The molecule has 0 fully saturated rings. The molecule has 0 radical (unpaired) electrons. The molecular weight excluding hydrogens is 505 g/mol. The van der Waals surface area contributed by atoms with Crippen molar-refractivity contribution in [2.45, 2.75) is 11.8 Å². The Hall–Kier alpha value is -3.15. The fraction of sp³-hybridized carbons (Fsp3) is 0.136. The molecule has 0 aliphatic rings. The lowest BCUT2D eigenvalue weighted by Gasteiger charge is -2.22. The first-order valence-electron chi connectivity index (χ1n) is 9.77. The summed E-state index contributed by atoms with van der Waals surface area (Å²) in [5.41, 5.74) is 1.27. The third kappa shape index (κ3) is 6.46. The summed E-state index contributed by atoms with van der Waals surface area (Å²) in [4.78, 5) is 12.4. The summed E-state index contributed by atoms with van der Waals surface area (Å²) in [6.45, 7) is 1.13. The van der Waals surface area contributed by atoms with Gasteiger partial charge in [-0.05, 0) is 67.1 Å². The van der Waals surface area contributed by atoms with Crippen molar-refractivity contribution in [1.82, 2.24) is 0 Å². The second-order valence-electron chi connectivity index (χ2n) is 7.39. The zero-order chi connectivity index (χ0) is 25.1. The van der Waals surface area contributed by atoms with Gasteiger partial charge < -0.3 is 5.32 Å². The number of carbonyl (C=O) groups excluding carboxylic acids is 1. The Labute approximate surface area is 202 Å². The molecule has 180 valence electrons. The number of carbonyl (C=O) groups is 1. The Morgan fingerprint density at radius 2 is 1.68 bits per heavy atom. The fourth-order valence-electron chi connectivity index (χ4n) is 2.99. The van der Waals surface area contributed by atoms with Gasteiger partial charge in [-0.2, -0.15) is 0 Å². The Balaban J connectivity index is 1.73. The van der Waals surface area contributed by atoms with Gasteiger partial charge in [0.2, 0.25) is 15.9 Å². The van der Waals surface area contributed by atoms with Crippen molar-refractivity contribution in [2.75, 3.05) is 27.1 Å². The molecule has 0 heterocycles. The van der Waals surface area contributed by atoms with Crippen molar-refractivity contribution in [3.63, 3.8) is 0 Å². The van der Waals surface area contributed by atoms with Gasteiger partial charge in [0.25, 0.3) is 10.0 Å². The lowest BCUT2D eigenvalue weighted by atomic mass is 10.2. The molecule has 0 aliphatic carbocycles. The topological polar surface area (TPSA) is 113 Å². The standard InChI is InChI=1S/C22H21ClFN3O5S2/c1-15-6-7-16(23)12-21(15)26-34(31,32)20-10-8-18(9-11-20)25-22(28)14-27(33(2,29)30)19-5-3-4-17(24)13-19/h3-13,26H,14H2,1-2H3,(H,25,28). The molecule has 8 nitrogen and oxygen atoms in total. The lowest BCUT2D eigenvalue weighted by Crippen LogP contribution is -2.37. The van der Waals surface area contributed by atoms with E-state index in [2.05, 4.69) is 10.0 Å². The summed E-state index contributed by atoms with van der Waals surface area (Å²) in [5, 5.41) is 2.88. The van der Waals surface area contributed by atoms with Gasteiger partial charge in [0.1, 0.15) is 12.4 Å². The van der Waals surface area contributed by atoms with Gasteiger partial charge in [0.15, 0.2) is 0 Å². The van der Waals surface area contributed by atoms with E-state index in [4.69, 9.17) is 11.6 Å². The number of halogens is 2. The third-order valence-corrected chi connectivity index (χ3v) is 7.43. The predicted octanol–water partition coefficient (Wildman–Crippen LogP) is 3.99. The predicted molar refractivity (Wildman–Crippen MR) is 131 cm³/mol. The molecule has 0 aromatic heterocycles. The summed E-state index contributed by atoms with van der Waals surface area (Å²) in [7, 11) is -7.80. The highest BCUT2D eigenvalue weighted by atomic mass is 35.5. The van der Waals surface area contributed by atoms with Gasteiger partial charge in [0.05, 0.1) is 22.5 Å². The van der Waals surface area contributed by atoms with Crippen LogP contribution in [-0.4, -0.2) is 35.5 Å². The first kappa shape index (κ1) is 25.5. The Morgan fingerprint density at radius 1 is 1.00 bits per heavy atom. The van der Waals surface area contributed by atoms with Crippen molar-refractivity contribution in [3.05, 3.63) is 83.1 Å². The van der Waals surface area contributed by atoms with Crippen LogP contribution in [0.25, 0.3) is 0 Å². The van der Waals surface area contributed by atoms with Crippen LogP contribution in [0, 0.1) is 12.7 Å². The van der Waals surface area contributed by atoms with Crippen LogP contribution in [0.2, 0.25) is 5.02 Å². The van der Waals surface area contributed by atoms with Crippen molar-refractivity contribution in [3.8, 4) is 0 Å². The molecule has 0 bridgehead atoms. The SMILES string of the molecule is Cc1ccc(Cl)cc1NS(=O)(=O)c1ccc(NC(=O)CN(c2cccc(F)c2)S(C)(=O)=O)cc1. The molecule has 0 aliphatic heterocycles. The van der Waals surface area contributed by atoms with Gasteiger partial charge in [-0.1, -0.05) is 23.7 Å². The van der Waals surface area contributed by atoms with Crippen LogP contribution in [0.3, 0.4) is 0 Å². The maximum atomic E-state index is 13.5. The number of sulfonamides is 2. The van der Waals surface area contributed by atoms with Gasteiger partial charge in [-0.3, -0.25) is 13.8 Å². The molecule has 0 atom stereocenters. The van der Waals surface area contributed by atoms with Crippen LogP contribution in [-0.2, 0) is 24.8 Å². The smallest absolute Gasteiger partial charge is 0.261 e. The van der Waals surface area contributed by atoms with Crippen molar-refractivity contribution >= 4 is 54.6 Å². The molecule has 34 heavy (non-hydrogen) atoms. The average molecular weight is 526 g/mol. The van der Waals surface area contributed by atoms with Gasteiger partial charge >= 0.3 is 0 Å². The number of hydrogen-bond donors (Lipinski definition) is 2. The van der Waals surface area contributed by atoms with Crippen molar-refractivity contribution in [1.29, 1.82) is 0 Å². The van der Waals surface area contributed by atoms with E-state index >= 15 is 0 Å². The largest absolute Gasteiger partial charge is 0.325 e. The Kier molecular flexibility index (Phi) is 7.49. The molecule has 3 aromatic rings. The van der Waals surface area contributed by atoms with Crippen LogP contribution in [0.5, 0.6) is 0 Å². The fourth-order valence-corrected chi connectivity index (χ4v) is 5.13. The van der Waals surface area contributed by atoms with E-state index in [0.717, 1.165) is 22.7 Å². The molecule has 1 amide bonds. The van der Waals surface area contributed by atoms with E-state index in [1.165, 1.54) is 42.5 Å². The summed E-state index contributed by atoms with van der Waals surface area (Å²) >= 11 is 5.94. The number of nitrogens with zero attached hydrogens (tertiary/aromatic N) is 1. The first-order chi connectivity index (χ1) is 15.8. The molecule has 3 aromatic carbocycles. The normalized spacial score (nSPS) is 11.6. The molecule has 3 rings (SSSR count). The number of benzene rings is 3. The van der Waals surface area contributed by atoms with Crippen LogP contribution < -0.4 is 14.3 Å². The van der Waals surface area contributed by atoms with E-state index in [1.54, 1.807) is 19.1 Å². The van der Waals surface area contributed by atoms with Gasteiger partial charge in [-0.25, -0.2) is 21.2 Å². The maximum Gasteiger partial charge on any atom is 0.261 e. The molecule has 0 saturated carbocycles. The van der Waals surface area contributed by atoms with E-state index in [-0.39, 0.29) is 16.3 Å². The Bertz CT molecular complexity index is 1430. The van der Waals surface area contributed by atoms with Crippen LogP contribution >= 0.6 is 11.6 Å². The summed E-state index contributed by atoms with van der Waals surface area (Å²) in [6.07, 6.45) is 0.902. The minimum absolute atomic E-state index is 0.00137. The Morgan fingerprint density at radius 3 is 2.29 bits per heavy atom. The minimum Gasteiger partial charge on any atom is -0.325 e. The molecular formula is C22H21ClFN3O5S2. The number of amides is 1. The number of hydrogen-bond acceptors (Lipinski definition) is 5. The summed E-state index contributed by atoms with van der Waals surface area (Å²) < 4.78 is 66.4. The van der Waals surface area contributed by atoms with E-state index in [9.17, 15) is 26.0 Å². The molecule has 12 heteroatoms. The number of anilines is 3. The van der Waals surface area contributed by atoms with E-state index < -0.39 is 38.3 Å². The molecule has 0 unspecified atom stereocenters. The zero-order valence-corrected chi connectivity index (χ0v) is 20.5. The number of rotatable bonds is 8. The maximum absolute atomic E-state index is 13.5. The lowest BCUT2D eigenvalue weighted by molar-refractivity contribution is -0.114. The quantitative estimate of drug-likeness (QED) is 0.461. The van der Waals surface area contributed by atoms with Crippen molar-refractivity contribution in [2.24, 2.45) is 0 Å². The van der Waals surface area contributed by atoms with E-state index in [1.807, 2.05) is 0 Å². The molecule has 0 spiro atoms. The average Bonchev–Trinajstić information content (AvgIpc) is 2.74. The zero-order valence-electron chi connectivity index (χ0n) is 18.1. The second kappa shape index (κ2) is 10.00. The number of nitrogens with one attached hydrogen (secondary N) is 2. The van der Waals surface area contributed by atoms with E-state index in [0.29, 0.717) is 16.3 Å². The van der Waals surface area contributed by atoms with Gasteiger partial charge in [-0.15, -0.1) is 0 Å². The summed E-state index contributed by atoms with van der Waals surface area (Å²) in [6, 6.07) is 15.0. The van der Waals surface area contributed by atoms with Crippen LogP contribution in [0.15, 0.2) is 71.6 Å². The number of aryl methyl sites for hydroxylation is 1. The molecule has 2 N–H and O–H groups in total. The highest BCUT2D eigenvalue weighted by Crippen LogP contribution is 2.24. The monoisotopic (exact) mass is 525 g/mol. The van der Waals surface area contributed by atoms with Crippen LogP contribution in [0.4, 0.5) is 21.5 Å². The third-order valence-electron chi connectivity index (χ3n) is 4.68. The summed E-state index contributed by atoms with van der Waals surface area (Å²) in [5.74, 6) is -1.34. The van der Waals surface area contributed by atoms with Crippen LogP contribution in [0.1, 0.15) is 5.56 Å².